The maximum atomic E-state index is 11.9. The fourth-order valence-corrected chi connectivity index (χ4v) is 2.27. The molecule has 1 saturated heterocycles. The second-order valence-electron chi connectivity index (χ2n) is 5.06. The number of likely N-dealkylation sites (tertiary alicyclic amines) is 1. The molecule has 1 aliphatic heterocycles. The topological polar surface area (TPSA) is 55.3 Å². The first-order valence-electron chi connectivity index (χ1n) is 6.52. The van der Waals surface area contributed by atoms with Gasteiger partial charge in [-0.3, -0.25) is 4.79 Å². The van der Waals surface area contributed by atoms with E-state index in [9.17, 15) is 4.79 Å². The molecule has 3 rings (SSSR count). The predicted octanol–water partition coefficient (Wildman–Crippen LogP) is 1.26. The Morgan fingerprint density at radius 1 is 1.44 bits per heavy atom. The third kappa shape index (κ3) is 2.78. The number of rotatable bonds is 4. The van der Waals surface area contributed by atoms with E-state index in [0.29, 0.717) is 18.3 Å². The molecule has 5 nitrogen and oxygen atoms in total. The molecule has 2 heterocycles. The second-order valence-corrected chi connectivity index (χ2v) is 5.06. The summed E-state index contributed by atoms with van der Waals surface area (Å²) in [5.74, 6) is 1.53. The molecule has 0 bridgehead atoms. The largest absolute Gasteiger partial charge is 0.472 e. The van der Waals surface area contributed by atoms with Crippen molar-refractivity contribution < 1.29 is 9.53 Å². The average Bonchev–Trinajstić information content (AvgIpc) is 3.07. The maximum Gasteiger partial charge on any atom is 0.222 e. The van der Waals surface area contributed by atoms with Crippen LogP contribution in [-0.4, -0.2) is 40.0 Å². The summed E-state index contributed by atoms with van der Waals surface area (Å²) in [6.07, 6.45) is 7.26. The molecule has 1 saturated carbocycles. The van der Waals surface area contributed by atoms with Gasteiger partial charge < -0.3 is 9.64 Å². The lowest BCUT2D eigenvalue weighted by atomic mass is 10.2. The van der Waals surface area contributed by atoms with Crippen molar-refractivity contribution >= 4 is 5.91 Å². The van der Waals surface area contributed by atoms with Crippen LogP contribution in [-0.2, 0) is 4.79 Å². The number of hydrogen-bond donors (Lipinski definition) is 0. The van der Waals surface area contributed by atoms with Crippen LogP contribution < -0.4 is 4.74 Å². The minimum atomic E-state index is 0.0723. The van der Waals surface area contributed by atoms with E-state index in [1.54, 1.807) is 12.3 Å². The standard InChI is InChI=1S/C13H17N3O2/c17-13(7-10-1-2-10)16-6-4-11(8-16)18-12-3-5-14-9-15-12/h3,5,9-11H,1-2,4,6-8H2/t11-/m1/s1. The van der Waals surface area contributed by atoms with Crippen LogP contribution in [0, 0.1) is 5.92 Å². The van der Waals surface area contributed by atoms with E-state index >= 15 is 0 Å². The van der Waals surface area contributed by atoms with Crippen molar-refractivity contribution in [3.8, 4) is 5.88 Å². The molecule has 2 fully saturated rings. The van der Waals surface area contributed by atoms with Gasteiger partial charge in [0.05, 0.1) is 6.54 Å². The molecule has 1 aromatic heterocycles. The SMILES string of the molecule is O=C(CC1CC1)N1CC[C@@H](Oc2ccncn2)C1. The highest BCUT2D eigenvalue weighted by Crippen LogP contribution is 2.33. The molecule has 96 valence electrons. The fourth-order valence-electron chi connectivity index (χ4n) is 2.27. The minimum absolute atomic E-state index is 0.0723. The van der Waals surface area contributed by atoms with Crippen molar-refractivity contribution in [2.24, 2.45) is 5.92 Å². The van der Waals surface area contributed by atoms with E-state index in [-0.39, 0.29) is 12.0 Å². The zero-order valence-electron chi connectivity index (χ0n) is 10.3. The number of carbonyl (C=O) groups excluding carboxylic acids is 1. The Bertz CT molecular complexity index is 420. The maximum absolute atomic E-state index is 11.9. The highest BCUT2D eigenvalue weighted by Gasteiger charge is 2.31. The minimum Gasteiger partial charge on any atom is -0.472 e. The van der Waals surface area contributed by atoms with Crippen molar-refractivity contribution in [2.45, 2.75) is 31.8 Å². The number of ether oxygens (including phenoxy) is 1. The Hall–Kier alpha value is -1.65. The van der Waals surface area contributed by atoms with Gasteiger partial charge in [0, 0.05) is 31.6 Å². The van der Waals surface area contributed by atoms with Crippen molar-refractivity contribution in [1.29, 1.82) is 0 Å². The van der Waals surface area contributed by atoms with Gasteiger partial charge in [-0.15, -0.1) is 0 Å². The summed E-state index contributed by atoms with van der Waals surface area (Å²) in [4.78, 5) is 21.7. The highest BCUT2D eigenvalue weighted by atomic mass is 16.5. The normalized spacial score (nSPS) is 23.1. The van der Waals surface area contributed by atoms with E-state index in [4.69, 9.17) is 4.74 Å². The summed E-state index contributed by atoms with van der Waals surface area (Å²) in [5, 5.41) is 0. The van der Waals surface area contributed by atoms with E-state index in [2.05, 4.69) is 9.97 Å². The van der Waals surface area contributed by atoms with Gasteiger partial charge in [-0.25, -0.2) is 9.97 Å². The molecule has 0 unspecified atom stereocenters. The second kappa shape index (κ2) is 4.92. The van der Waals surface area contributed by atoms with Gasteiger partial charge in [0.15, 0.2) is 0 Å². The molecule has 1 atom stereocenters. The fraction of sp³-hybridized carbons (Fsp3) is 0.615. The summed E-state index contributed by atoms with van der Waals surface area (Å²) in [7, 11) is 0. The van der Waals surface area contributed by atoms with Gasteiger partial charge >= 0.3 is 0 Å². The molecular weight excluding hydrogens is 230 g/mol. The van der Waals surface area contributed by atoms with Gasteiger partial charge in [-0.1, -0.05) is 0 Å². The average molecular weight is 247 g/mol. The lowest BCUT2D eigenvalue weighted by molar-refractivity contribution is -0.130. The summed E-state index contributed by atoms with van der Waals surface area (Å²) < 4.78 is 5.73. The summed E-state index contributed by atoms with van der Waals surface area (Å²) >= 11 is 0. The van der Waals surface area contributed by atoms with Crippen LogP contribution in [0.5, 0.6) is 5.88 Å². The molecule has 18 heavy (non-hydrogen) atoms. The summed E-state index contributed by atoms with van der Waals surface area (Å²) in [6, 6.07) is 1.74. The van der Waals surface area contributed by atoms with Crippen LogP contribution in [0.2, 0.25) is 0 Å². The Kier molecular flexibility index (Phi) is 3.13. The van der Waals surface area contributed by atoms with E-state index in [0.717, 1.165) is 19.4 Å². The molecule has 2 aliphatic rings. The number of nitrogens with zero attached hydrogens (tertiary/aromatic N) is 3. The summed E-state index contributed by atoms with van der Waals surface area (Å²) in [6.45, 7) is 1.50. The monoisotopic (exact) mass is 247 g/mol. The highest BCUT2D eigenvalue weighted by molar-refractivity contribution is 5.77. The molecule has 0 N–H and O–H groups in total. The smallest absolute Gasteiger partial charge is 0.222 e. The van der Waals surface area contributed by atoms with Crippen LogP contribution in [0.1, 0.15) is 25.7 Å². The first kappa shape index (κ1) is 11.4. The molecule has 0 aromatic carbocycles. The molecule has 1 amide bonds. The first-order chi connectivity index (χ1) is 8.81. The number of carbonyl (C=O) groups is 1. The quantitative estimate of drug-likeness (QED) is 0.803. The van der Waals surface area contributed by atoms with Crippen molar-refractivity contribution in [3.63, 3.8) is 0 Å². The molecule has 1 aliphatic carbocycles. The van der Waals surface area contributed by atoms with Crippen LogP contribution in [0.15, 0.2) is 18.6 Å². The summed E-state index contributed by atoms with van der Waals surface area (Å²) in [5.41, 5.74) is 0. The van der Waals surface area contributed by atoms with Gasteiger partial charge in [-0.05, 0) is 18.8 Å². The lowest BCUT2D eigenvalue weighted by Gasteiger charge is -2.16. The van der Waals surface area contributed by atoms with Gasteiger partial charge in [0.25, 0.3) is 0 Å². The molecular formula is C13H17N3O2. The Morgan fingerprint density at radius 3 is 3.06 bits per heavy atom. The zero-order valence-corrected chi connectivity index (χ0v) is 10.3. The predicted molar refractivity (Wildman–Crippen MR) is 65.0 cm³/mol. The molecule has 5 heteroatoms. The van der Waals surface area contributed by atoms with Crippen molar-refractivity contribution in [1.82, 2.24) is 14.9 Å². The number of hydrogen-bond acceptors (Lipinski definition) is 4. The van der Waals surface area contributed by atoms with Gasteiger partial charge in [-0.2, -0.15) is 0 Å². The zero-order chi connectivity index (χ0) is 12.4. The number of amides is 1. The van der Waals surface area contributed by atoms with Gasteiger partial charge in [0.2, 0.25) is 11.8 Å². The van der Waals surface area contributed by atoms with E-state index < -0.39 is 0 Å². The Labute approximate surface area is 106 Å². The Balaban J connectivity index is 1.50. The van der Waals surface area contributed by atoms with Crippen LogP contribution in [0.3, 0.4) is 0 Å². The van der Waals surface area contributed by atoms with E-state index in [1.807, 2.05) is 4.90 Å². The van der Waals surface area contributed by atoms with Crippen LogP contribution in [0.25, 0.3) is 0 Å². The van der Waals surface area contributed by atoms with Crippen molar-refractivity contribution in [2.75, 3.05) is 13.1 Å². The van der Waals surface area contributed by atoms with Crippen LogP contribution >= 0.6 is 0 Å². The third-order valence-corrected chi connectivity index (χ3v) is 3.50. The molecule has 1 aromatic rings. The first-order valence-corrected chi connectivity index (χ1v) is 6.52. The third-order valence-electron chi connectivity index (χ3n) is 3.50. The van der Waals surface area contributed by atoms with Gasteiger partial charge in [0.1, 0.15) is 12.4 Å². The lowest BCUT2D eigenvalue weighted by Crippen LogP contribution is -2.31. The number of aromatic nitrogens is 2. The van der Waals surface area contributed by atoms with Crippen LogP contribution in [0.4, 0.5) is 0 Å². The molecule has 0 spiro atoms. The Morgan fingerprint density at radius 2 is 2.33 bits per heavy atom. The van der Waals surface area contributed by atoms with E-state index in [1.165, 1.54) is 19.2 Å². The van der Waals surface area contributed by atoms with Crippen molar-refractivity contribution in [3.05, 3.63) is 18.6 Å². The molecule has 0 radical (unpaired) electrons.